The fraction of sp³-hybridized carbons (Fsp3) is 0.438. The van der Waals surface area contributed by atoms with Crippen molar-refractivity contribution in [3.63, 3.8) is 0 Å². The normalized spacial score (nSPS) is 32.4. The van der Waals surface area contributed by atoms with Gasteiger partial charge in [-0.2, -0.15) is 0 Å². The smallest absolute Gasteiger partial charge is 0.115 e. The highest BCUT2D eigenvalue weighted by Gasteiger charge is 2.82. The Balaban J connectivity index is 1.91. The van der Waals surface area contributed by atoms with E-state index in [0.717, 1.165) is 38.5 Å². The molecule has 4 atom stereocenters. The topological polar surface area (TPSA) is 20.2 Å². The summed E-state index contributed by atoms with van der Waals surface area (Å²) in [5.74, 6) is 0.401. The van der Waals surface area contributed by atoms with Gasteiger partial charge >= 0.3 is 0 Å². The molecule has 0 amide bonds. The van der Waals surface area contributed by atoms with Gasteiger partial charge in [0.05, 0.1) is 0 Å². The second-order valence-electron chi connectivity index (χ2n) is 10.9. The van der Waals surface area contributed by atoms with Crippen LogP contribution in [0.5, 0.6) is 5.75 Å². The van der Waals surface area contributed by atoms with E-state index in [1.54, 1.807) is 16.7 Å². The molecule has 3 aliphatic rings. The molecule has 0 fully saturated rings. The summed E-state index contributed by atoms with van der Waals surface area (Å²) in [7, 11) is 0. The van der Waals surface area contributed by atoms with Crippen LogP contribution in [0.4, 0.5) is 0 Å². The second kappa shape index (κ2) is 6.75. The molecule has 0 aromatic heterocycles. The summed E-state index contributed by atoms with van der Waals surface area (Å²) in [6.45, 7) is 9.69. The Kier molecular flexibility index (Phi) is 4.30. The molecule has 0 saturated carbocycles. The average molecular weight is 437 g/mol. The summed E-state index contributed by atoms with van der Waals surface area (Å²) in [6, 6.07) is 25.1. The maximum absolute atomic E-state index is 10.8. The third kappa shape index (κ3) is 1.92. The van der Waals surface area contributed by atoms with E-state index in [-0.39, 0.29) is 21.7 Å². The molecular weight excluding hydrogens is 400 g/mol. The van der Waals surface area contributed by atoms with Gasteiger partial charge in [-0.05, 0) is 64.8 Å². The van der Waals surface area contributed by atoms with E-state index in [4.69, 9.17) is 0 Å². The van der Waals surface area contributed by atoms with Crippen LogP contribution in [-0.2, 0) is 16.2 Å². The van der Waals surface area contributed by atoms with Gasteiger partial charge in [0.2, 0.25) is 0 Å². The van der Waals surface area contributed by atoms with Gasteiger partial charge in [0.15, 0.2) is 0 Å². The van der Waals surface area contributed by atoms with E-state index in [2.05, 4.69) is 88.4 Å². The molecular formula is C32H36O. The van der Waals surface area contributed by atoms with Crippen LogP contribution in [0.3, 0.4) is 0 Å². The minimum absolute atomic E-state index is 0.0153. The van der Waals surface area contributed by atoms with Crippen molar-refractivity contribution in [2.75, 3.05) is 0 Å². The summed E-state index contributed by atoms with van der Waals surface area (Å²) in [5.41, 5.74) is 8.84. The Morgan fingerprint density at radius 3 is 1.30 bits per heavy atom. The third-order valence-electron chi connectivity index (χ3n) is 10.1. The quantitative estimate of drug-likeness (QED) is 0.415. The number of hydrogen-bond donors (Lipinski definition) is 1. The van der Waals surface area contributed by atoms with E-state index < -0.39 is 0 Å². The first kappa shape index (κ1) is 21.0. The highest BCUT2D eigenvalue weighted by Crippen LogP contribution is 2.85. The lowest BCUT2D eigenvalue weighted by Crippen LogP contribution is -2.54. The van der Waals surface area contributed by atoms with Crippen molar-refractivity contribution < 1.29 is 5.11 Å². The number of fused-ring (bicyclic) bond motifs is 9. The lowest BCUT2D eigenvalue weighted by atomic mass is 9.48. The van der Waals surface area contributed by atoms with Crippen LogP contribution >= 0.6 is 0 Å². The molecule has 3 aliphatic carbocycles. The standard InChI is InChI=1S/C32H36O/c1-5-18-30-23-12-8-9-13-24(23)31(19-6-2)27-17-16-22(33)21-28(27)32(20-7-3,29(30,31)4)26-15-11-10-14-25(26)30/h8-17,21,33H,5-7,18-20H2,1-4H3/t29-,30+,31-,32+/m1/s1. The molecule has 0 heterocycles. The lowest BCUT2D eigenvalue weighted by Gasteiger charge is -2.53. The Hall–Kier alpha value is -2.54. The van der Waals surface area contributed by atoms with Gasteiger partial charge in [-0.1, -0.05) is 102 Å². The second-order valence-corrected chi connectivity index (χ2v) is 10.9. The zero-order chi connectivity index (χ0) is 23.1. The Labute approximate surface area is 198 Å². The zero-order valence-electron chi connectivity index (χ0n) is 20.5. The van der Waals surface area contributed by atoms with Crippen LogP contribution in [0.2, 0.25) is 0 Å². The molecule has 1 heteroatoms. The fourth-order valence-electron chi connectivity index (χ4n) is 9.54. The van der Waals surface area contributed by atoms with E-state index >= 15 is 0 Å². The van der Waals surface area contributed by atoms with Gasteiger partial charge in [-0.25, -0.2) is 0 Å². The molecule has 33 heavy (non-hydrogen) atoms. The van der Waals surface area contributed by atoms with Crippen LogP contribution in [0.15, 0.2) is 66.7 Å². The predicted molar refractivity (Wildman–Crippen MR) is 136 cm³/mol. The van der Waals surface area contributed by atoms with Crippen molar-refractivity contribution in [2.45, 2.75) is 82.5 Å². The van der Waals surface area contributed by atoms with Crippen molar-refractivity contribution in [1.29, 1.82) is 0 Å². The molecule has 0 saturated heterocycles. The van der Waals surface area contributed by atoms with Gasteiger partial charge in [0.1, 0.15) is 5.75 Å². The molecule has 0 radical (unpaired) electrons. The molecule has 170 valence electrons. The first-order valence-corrected chi connectivity index (χ1v) is 13.0. The third-order valence-corrected chi connectivity index (χ3v) is 10.1. The maximum atomic E-state index is 10.8. The van der Waals surface area contributed by atoms with Gasteiger partial charge in [-0.15, -0.1) is 0 Å². The van der Waals surface area contributed by atoms with Crippen molar-refractivity contribution in [2.24, 2.45) is 5.41 Å². The van der Waals surface area contributed by atoms with E-state index in [1.165, 1.54) is 16.7 Å². The van der Waals surface area contributed by atoms with Crippen LogP contribution in [0, 0.1) is 5.41 Å². The molecule has 1 N–H and O–H groups in total. The Morgan fingerprint density at radius 1 is 0.545 bits per heavy atom. The number of phenols is 1. The van der Waals surface area contributed by atoms with Gasteiger partial charge in [0.25, 0.3) is 0 Å². The molecule has 3 aromatic rings. The van der Waals surface area contributed by atoms with Gasteiger partial charge in [0, 0.05) is 21.7 Å². The molecule has 0 bridgehead atoms. The number of phenolic OH excluding ortho intramolecular Hbond substituents is 1. The van der Waals surface area contributed by atoms with Crippen molar-refractivity contribution >= 4 is 0 Å². The number of hydrogen-bond acceptors (Lipinski definition) is 1. The molecule has 3 aromatic carbocycles. The summed E-state index contributed by atoms with van der Waals surface area (Å²) in [4.78, 5) is 0. The van der Waals surface area contributed by atoms with Crippen molar-refractivity contribution in [1.82, 2.24) is 0 Å². The summed E-state index contributed by atoms with van der Waals surface area (Å²) < 4.78 is 0. The van der Waals surface area contributed by atoms with Gasteiger partial charge < -0.3 is 5.11 Å². The van der Waals surface area contributed by atoms with Crippen LogP contribution in [0.25, 0.3) is 0 Å². The van der Waals surface area contributed by atoms with Gasteiger partial charge in [-0.3, -0.25) is 0 Å². The monoisotopic (exact) mass is 436 g/mol. The SMILES string of the molecule is CCC[C@]12c3ccccc3[C@]3(CCC)c4ccc(O)cc4[C@](CCC)(c4ccccc41)[C@]23C. The number of aromatic hydroxyl groups is 1. The van der Waals surface area contributed by atoms with E-state index in [9.17, 15) is 5.11 Å². The fourth-order valence-corrected chi connectivity index (χ4v) is 9.54. The minimum atomic E-state index is -0.101. The predicted octanol–water partition coefficient (Wildman–Crippen LogP) is 8.00. The Bertz CT molecular complexity index is 1250. The minimum Gasteiger partial charge on any atom is -0.508 e. The molecule has 0 spiro atoms. The van der Waals surface area contributed by atoms with Crippen LogP contribution < -0.4 is 0 Å². The molecule has 1 nitrogen and oxygen atoms in total. The highest BCUT2D eigenvalue weighted by atomic mass is 16.3. The summed E-state index contributed by atoms with van der Waals surface area (Å²) >= 11 is 0. The van der Waals surface area contributed by atoms with Crippen molar-refractivity contribution in [3.8, 4) is 5.75 Å². The molecule has 6 rings (SSSR count). The van der Waals surface area contributed by atoms with E-state index in [1.807, 2.05) is 6.07 Å². The van der Waals surface area contributed by atoms with Crippen LogP contribution in [0.1, 0.15) is 99.6 Å². The lowest BCUT2D eigenvalue weighted by molar-refractivity contribution is 0.0540. The van der Waals surface area contributed by atoms with Crippen molar-refractivity contribution in [3.05, 3.63) is 100 Å². The molecule has 0 unspecified atom stereocenters. The van der Waals surface area contributed by atoms with Crippen LogP contribution in [-0.4, -0.2) is 5.11 Å². The Morgan fingerprint density at radius 2 is 0.909 bits per heavy atom. The molecule has 0 aliphatic heterocycles. The maximum Gasteiger partial charge on any atom is 0.115 e. The average Bonchev–Trinajstić information content (AvgIpc) is 3.23. The largest absolute Gasteiger partial charge is 0.508 e. The highest BCUT2D eigenvalue weighted by molar-refractivity contribution is 5.77. The summed E-state index contributed by atoms with van der Waals surface area (Å²) in [5, 5.41) is 10.8. The first-order valence-electron chi connectivity index (χ1n) is 13.0. The number of benzene rings is 3. The van der Waals surface area contributed by atoms with E-state index in [0.29, 0.717) is 5.75 Å². The first-order chi connectivity index (χ1) is 16.0. The summed E-state index contributed by atoms with van der Waals surface area (Å²) in [6.07, 6.45) is 6.84. The number of rotatable bonds is 6. The zero-order valence-corrected chi connectivity index (χ0v) is 20.5.